The average Bonchev–Trinajstić information content (AvgIpc) is 2.38. The van der Waals surface area contributed by atoms with Crippen molar-refractivity contribution in [2.45, 2.75) is 31.9 Å². The number of aliphatic hydroxyl groups is 1. The highest BCUT2D eigenvalue weighted by Gasteiger charge is 2.31. The van der Waals surface area contributed by atoms with Crippen molar-refractivity contribution in [3.05, 3.63) is 0 Å². The van der Waals surface area contributed by atoms with E-state index in [-0.39, 0.29) is 24.7 Å². The van der Waals surface area contributed by atoms with E-state index in [1.54, 1.807) is 0 Å². The molecule has 2 fully saturated rings. The summed E-state index contributed by atoms with van der Waals surface area (Å²) in [5.41, 5.74) is 0. The molecule has 0 aliphatic carbocycles. The molecule has 0 radical (unpaired) electrons. The van der Waals surface area contributed by atoms with Gasteiger partial charge in [-0.3, -0.25) is 4.79 Å². The summed E-state index contributed by atoms with van der Waals surface area (Å²) in [4.78, 5) is 14.1. The van der Waals surface area contributed by atoms with Crippen LogP contribution < -0.4 is 5.32 Å². The Bertz CT molecular complexity index is 272. The van der Waals surface area contributed by atoms with E-state index >= 15 is 0 Å². The number of hydrogen-bond donors (Lipinski definition) is 2. The molecular formula is C12H22N2O3. The predicted molar refractivity (Wildman–Crippen MR) is 63.6 cm³/mol. The molecule has 5 nitrogen and oxygen atoms in total. The van der Waals surface area contributed by atoms with Gasteiger partial charge in [-0.1, -0.05) is 6.92 Å². The second kappa shape index (κ2) is 5.80. The fourth-order valence-electron chi connectivity index (χ4n) is 2.55. The minimum Gasteiger partial charge on any atom is -0.394 e. The van der Waals surface area contributed by atoms with Crippen LogP contribution in [-0.2, 0) is 9.53 Å². The molecule has 3 unspecified atom stereocenters. The molecule has 3 atom stereocenters. The first kappa shape index (κ1) is 12.8. The molecule has 2 aliphatic rings. The van der Waals surface area contributed by atoms with E-state index < -0.39 is 0 Å². The summed E-state index contributed by atoms with van der Waals surface area (Å²) in [5.74, 6) is 0.776. The summed E-state index contributed by atoms with van der Waals surface area (Å²) in [6, 6.07) is -0.0452. The second-order valence-corrected chi connectivity index (χ2v) is 5.10. The van der Waals surface area contributed by atoms with Gasteiger partial charge in [-0.2, -0.15) is 0 Å². The molecule has 0 aromatic carbocycles. The third-order valence-electron chi connectivity index (χ3n) is 3.62. The zero-order valence-electron chi connectivity index (χ0n) is 10.4. The van der Waals surface area contributed by atoms with E-state index in [2.05, 4.69) is 12.2 Å². The Morgan fingerprint density at radius 1 is 1.59 bits per heavy atom. The number of nitrogens with zero attached hydrogens (tertiary/aromatic N) is 1. The van der Waals surface area contributed by atoms with Gasteiger partial charge in [0.25, 0.3) is 0 Å². The van der Waals surface area contributed by atoms with Crippen LogP contribution in [0.4, 0.5) is 0 Å². The Balaban J connectivity index is 1.89. The van der Waals surface area contributed by atoms with Crippen molar-refractivity contribution in [3.63, 3.8) is 0 Å². The highest BCUT2D eigenvalue weighted by Crippen LogP contribution is 2.17. The molecule has 0 spiro atoms. The van der Waals surface area contributed by atoms with Crippen molar-refractivity contribution in [1.29, 1.82) is 0 Å². The number of hydrogen-bond acceptors (Lipinski definition) is 4. The molecule has 5 heteroatoms. The lowest BCUT2D eigenvalue weighted by atomic mass is 9.93. The summed E-state index contributed by atoms with van der Waals surface area (Å²) < 4.78 is 5.35. The first-order valence-corrected chi connectivity index (χ1v) is 6.45. The third kappa shape index (κ3) is 3.18. The SMILES string of the molecule is CC1CCNC(C(=O)N2CCOC(CO)C2)C1. The van der Waals surface area contributed by atoms with Crippen molar-refractivity contribution >= 4 is 5.91 Å². The van der Waals surface area contributed by atoms with Gasteiger partial charge in [-0.15, -0.1) is 0 Å². The van der Waals surface area contributed by atoms with Crippen LogP contribution in [0.1, 0.15) is 19.8 Å². The quantitative estimate of drug-likeness (QED) is 0.691. The summed E-state index contributed by atoms with van der Waals surface area (Å²) in [7, 11) is 0. The highest BCUT2D eigenvalue weighted by atomic mass is 16.5. The monoisotopic (exact) mass is 242 g/mol. The number of rotatable bonds is 2. The molecule has 2 aliphatic heterocycles. The molecular weight excluding hydrogens is 220 g/mol. The summed E-state index contributed by atoms with van der Waals surface area (Å²) in [6.45, 7) is 4.78. The maximum atomic E-state index is 12.3. The minimum atomic E-state index is -0.214. The summed E-state index contributed by atoms with van der Waals surface area (Å²) in [5, 5.41) is 12.3. The number of ether oxygens (including phenoxy) is 1. The Kier molecular flexibility index (Phi) is 4.36. The van der Waals surface area contributed by atoms with Crippen LogP contribution in [0.3, 0.4) is 0 Å². The van der Waals surface area contributed by atoms with Gasteiger partial charge in [-0.25, -0.2) is 0 Å². The maximum absolute atomic E-state index is 12.3. The van der Waals surface area contributed by atoms with E-state index in [0.29, 0.717) is 25.6 Å². The molecule has 0 bridgehead atoms. The molecule has 2 N–H and O–H groups in total. The second-order valence-electron chi connectivity index (χ2n) is 5.10. The number of carbonyl (C=O) groups is 1. The summed E-state index contributed by atoms with van der Waals surface area (Å²) in [6.07, 6.45) is 1.85. The van der Waals surface area contributed by atoms with Crippen LogP contribution in [0.5, 0.6) is 0 Å². The van der Waals surface area contributed by atoms with Crippen molar-refractivity contribution in [2.24, 2.45) is 5.92 Å². The van der Waals surface area contributed by atoms with Crippen molar-refractivity contribution in [3.8, 4) is 0 Å². The van der Waals surface area contributed by atoms with E-state index in [1.165, 1.54) is 0 Å². The number of aliphatic hydroxyl groups excluding tert-OH is 1. The van der Waals surface area contributed by atoms with Gasteiger partial charge in [0.15, 0.2) is 0 Å². The lowest BCUT2D eigenvalue weighted by Crippen LogP contribution is -2.55. The minimum absolute atomic E-state index is 0.0156. The van der Waals surface area contributed by atoms with E-state index in [4.69, 9.17) is 9.84 Å². The van der Waals surface area contributed by atoms with Crippen molar-refractivity contribution < 1.29 is 14.6 Å². The molecule has 0 aromatic rings. The molecule has 2 saturated heterocycles. The first-order valence-electron chi connectivity index (χ1n) is 6.45. The Morgan fingerprint density at radius 2 is 2.41 bits per heavy atom. The topological polar surface area (TPSA) is 61.8 Å². The Hall–Kier alpha value is -0.650. The van der Waals surface area contributed by atoms with Crippen LogP contribution in [-0.4, -0.2) is 60.9 Å². The Morgan fingerprint density at radius 3 is 3.12 bits per heavy atom. The largest absolute Gasteiger partial charge is 0.394 e. The number of nitrogens with one attached hydrogen (secondary N) is 1. The van der Waals surface area contributed by atoms with Gasteiger partial charge in [-0.05, 0) is 25.3 Å². The number of carbonyl (C=O) groups excluding carboxylic acids is 1. The van der Waals surface area contributed by atoms with Gasteiger partial charge in [0, 0.05) is 13.1 Å². The highest BCUT2D eigenvalue weighted by molar-refractivity contribution is 5.82. The van der Waals surface area contributed by atoms with Gasteiger partial charge >= 0.3 is 0 Å². The number of morpholine rings is 1. The molecule has 2 heterocycles. The van der Waals surface area contributed by atoms with Gasteiger partial charge < -0.3 is 20.1 Å². The smallest absolute Gasteiger partial charge is 0.239 e. The molecule has 1 amide bonds. The fraction of sp³-hybridized carbons (Fsp3) is 0.917. The van der Waals surface area contributed by atoms with Gasteiger partial charge in [0.2, 0.25) is 5.91 Å². The van der Waals surface area contributed by atoms with Gasteiger partial charge in [0.05, 0.1) is 25.4 Å². The standard InChI is InChI=1S/C12H22N2O3/c1-9-2-3-13-11(6-9)12(16)14-4-5-17-10(7-14)8-15/h9-11,13,15H,2-8H2,1H3. The van der Waals surface area contributed by atoms with Crippen LogP contribution in [0.25, 0.3) is 0 Å². The summed E-state index contributed by atoms with van der Waals surface area (Å²) >= 11 is 0. The molecule has 0 saturated carbocycles. The lowest BCUT2D eigenvalue weighted by Gasteiger charge is -2.36. The fourth-order valence-corrected chi connectivity index (χ4v) is 2.55. The zero-order chi connectivity index (χ0) is 12.3. The normalized spacial score (nSPS) is 34.7. The van der Waals surface area contributed by atoms with Crippen LogP contribution in [0, 0.1) is 5.92 Å². The zero-order valence-corrected chi connectivity index (χ0v) is 10.4. The number of piperidine rings is 1. The Labute approximate surface area is 102 Å². The maximum Gasteiger partial charge on any atom is 0.239 e. The predicted octanol–water partition coefficient (Wildman–Crippen LogP) is -0.406. The third-order valence-corrected chi connectivity index (χ3v) is 3.62. The van der Waals surface area contributed by atoms with Crippen LogP contribution in [0.2, 0.25) is 0 Å². The van der Waals surface area contributed by atoms with E-state index in [1.807, 2.05) is 4.90 Å². The first-order chi connectivity index (χ1) is 8.20. The van der Waals surface area contributed by atoms with Crippen molar-refractivity contribution in [1.82, 2.24) is 10.2 Å². The van der Waals surface area contributed by atoms with Gasteiger partial charge in [0.1, 0.15) is 0 Å². The number of amides is 1. The van der Waals surface area contributed by atoms with E-state index in [9.17, 15) is 4.79 Å². The molecule has 0 aromatic heterocycles. The van der Waals surface area contributed by atoms with Crippen LogP contribution in [0.15, 0.2) is 0 Å². The average molecular weight is 242 g/mol. The van der Waals surface area contributed by atoms with Crippen molar-refractivity contribution in [2.75, 3.05) is 32.8 Å². The lowest BCUT2D eigenvalue weighted by molar-refractivity contribution is -0.143. The molecule has 2 rings (SSSR count). The molecule has 17 heavy (non-hydrogen) atoms. The van der Waals surface area contributed by atoms with Crippen LogP contribution >= 0.6 is 0 Å². The molecule has 98 valence electrons. The van der Waals surface area contributed by atoms with E-state index in [0.717, 1.165) is 19.4 Å².